The minimum absolute atomic E-state index is 0.0181. The van der Waals surface area contributed by atoms with Crippen LogP contribution in [0.15, 0.2) is 9.59 Å². The van der Waals surface area contributed by atoms with E-state index < -0.39 is 11.2 Å². The summed E-state index contributed by atoms with van der Waals surface area (Å²) < 4.78 is 3.61. The number of carbonyl (C=O) groups is 1. The van der Waals surface area contributed by atoms with Gasteiger partial charge in [0, 0.05) is 27.2 Å². The molecule has 0 aliphatic rings. The van der Waals surface area contributed by atoms with Crippen molar-refractivity contribution in [1.29, 1.82) is 0 Å². The molecular weight excluding hydrogens is 334 g/mol. The Bertz CT molecular complexity index is 874. The van der Waals surface area contributed by atoms with Crippen LogP contribution in [0.1, 0.15) is 26.7 Å². The Labute approximate surface area is 144 Å². The zero-order valence-electron chi connectivity index (χ0n) is 14.4. The number of imidazole rings is 1. The molecule has 2 aromatic rings. The second-order valence-corrected chi connectivity index (χ2v) is 6.06. The third-order valence-electron chi connectivity index (χ3n) is 3.93. The predicted molar refractivity (Wildman–Crippen MR) is 92.4 cm³/mol. The number of aryl methyl sites for hydroxylation is 1. The summed E-state index contributed by atoms with van der Waals surface area (Å²) in [5.74, 6) is -0.129. The Kier molecular flexibility index (Phi) is 5.48. The fourth-order valence-electron chi connectivity index (χ4n) is 2.70. The monoisotopic (exact) mass is 355 g/mol. The van der Waals surface area contributed by atoms with Gasteiger partial charge in [0.2, 0.25) is 11.2 Å². The van der Waals surface area contributed by atoms with Crippen molar-refractivity contribution in [3.63, 3.8) is 0 Å². The molecule has 132 valence electrons. The van der Waals surface area contributed by atoms with Gasteiger partial charge in [-0.2, -0.15) is 4.98 Å². The zero-order chi connectivity index (χ0) is 18.0. The maximum Gasteiger partial charge on any atom is 0.332 e. The lowest BCUT2D eigenvalue weighted by molar-refractivity contribution is -0.131. The molecular formula is C15H22ClN5O3. The van der Waals surface area contributed by atoms with Crippen LogP contribution in [-0.2, 0) is 25.4 Å². The van der Waals surface area contributed by atoms with E-state index in [1.165, 1.54) is 23.2 Å². The average molecular weight is 356 g/mol. The van der Waals surface area contributed by atoms with Gasteiger partial charge in [-0.05, 0) is 24.4 Å². The number of aromatic nitrogens is 4. The van der Waals surface area contributed by atoms with E-state index in [0.29, 0.717) is 13.1 Å². The van der Waals surface area contributed by atoms with Crippen LogP contribution in [0.3, 0.4) is 0 Å². The number of amides is 1. The highest BCUT2D eigenvalue weighted by Gasteiger charge is 2.21. The molecule has 0 bridgehead atoms. The van der Waals surface area contributed by atoms with Crippen LogP contribution >= 0.6 is 11.6 Å². The van der Waals surface area contributed by atoms with E-state index in [-0.39, 0.29) is 28.9 Å². The standard InChI is InChI=1S/C15H22ClN5O3/c1-5-7-20(8-6-2)10(22)9-21-11-12(17-14(21)16)18(3)15(24)19(4)13(11)23/h5-9H2,1-4H3. The van der Waals surface area contributed by atoms with Gasteiger partial charge in [-0.15, -0.1) is 0 Å². The van der Waals surface area contributed by atoms with Crippen LogP contribution in [0.2, 0.25) is 5.28 Å². The number of hydrogen-bond donors (Lipinski definition) is 0. The molecule has 0 saturated heterocycles. The molecule has 0 spiro atoms. The predicted octanol–water partition coefficient (Wildman–Crippen LogP) is 0.736. The smallest absolute Gasteiger partial charge is 0.332 e. The summed E-state index contributed by atoms with van der Waals surface area (Å²) in [6.07, 6.45) is 1.70. The molecule has 1 amide bonds. The molecule has 0 aliphatic heterocycles. The third-order valence-corrected chi connectivity index (χ3v) is 4.22. The van der Waals surface area contributed by atoms with E-state index in [1.54, 1.807) is 4.90 Å². The van der Waals surface area contributed by atoms with Crippen molar-refractivity contribution >= 4 is 28.7 Å². The van der Waals surface area contributed by atoms with Crippen molar-refractivity contribution in [3.8, 4) is 0 Å². The first-order valence-corrected chi connectivity index (χ1v) is 8.30. The molecule has 24 heavy (non-hydrogen) atoms. The first kappa shape index (κ1) is 18.3. The van der Waals surface area contributed by atoms with Crippen LogP contribution in [0.25, 0.3) is 11.2 Å². The molecule has 0 atom stereocenters. The number of nitrogens with zero attached hydrogens (tertiary/aromatic N) is 5. The Morgan fingerprint density at radius 1 is 1.12 bits per heavy atom. The van der Waals surface area contributed by atoms with Crippen molar-refractivity contribution in [2.75, 3.05) is 13.1 Å². The molecule has 9 heteroatoms. The minimum atomic E-state index is -0.516. The van der Waals surface area contributed by atoms with E-state index in [9.17, 15) is 14.4 Å². The zero-order valence-corrected chi connectivity index (χ0v) is 15.1. The molecule has 0 fully saturated rings. The second kappa shape index (κ2) is 7.21. The maximum absolute atomic E-state index is 12.6. The highest BCUT2D eigenvalue weighted by molar-refractivity contribution is 6.29. The Hall–Kier alpha value is -2.09. The molecule has 0 N–H and O–H groups in total. The van der Waals surface area contributed by atoms with Gasteiger partial charge in [0.15, 0.2) is 11.2 Å². The average Bonchev–Trinajstić information content (AvgIpc) is 2.87. The van der Waals surface area contributed by atoms with Crippen LogP contribution < -0.4 is 11.2 Å². The molecule has 0 radical (unpaired) electrons. The number of halogens is 1. The topological polar surface area (TPSA) is 82.1 Å². The molecule has 2 aromatic heterocycles. The van der Waals surface area contributed by atoms with Crippen LogP contribution in [-0.4, -0.2) is 42.6 Å². The van der Waals surface area contributed by atoms with Gasteiger partial charge in [-0.25, -0.2) is 4.79 Å². The number of rotatable bonds is 6. The molecule has 8 nitrogen and oxygen atoms in total. The highest BCUT2D eigenvalue weighted by Crippen LogP contribution is 2.16. The Morgan fingerprint density at radius 3 is 2.25 bits per heavy atom. The molecule has 0 saturated carbocycles. The Morgan fingerprint density at radius 2 is 1.71 bits per heavy atom. The first-order valence-electron chi connectivity index (χ1n) is 7.92. The maximum atomic E-state index is 12.6. The second-order valence-electron chi connectivity index (χ2n) is 5.73. The van der Waals surface area contributed by atoms with E-state index in [4.69, 9.17) is 11.6 Å². The number of carbonyl (C=O) groups excluding carboxylic acids is 1. The summed E-state index contributed by atoms with van der Waals surface area (Å²) in [7, 11) is 2.90. The summed E-state index contributed by atoms with van der Waals surface area (Å²) in [6, 6.07) is 0. The van der Waals surface area contributed by atoms with E-state index >= 15 is 0 Å². The molecule has 0 aliphatic carbocycles. The van der Waals surface area contributed by atoms with Gasteiger partial charge in [-0.3, -0.25) is 23.3 Å². The van der Waals surface area contributed by atoms with Crippen molar-refractivity contribution in [1.82, 2.24) is 23.6 Å². The van der Waals surface area contributed by atoms with Crippen molar-refractivity contribution < 1.29 is 4.79 Å². The van der Waals surface area contributed by atoms with Gasteiger partial charge < -0.3 is 4.90 Å². The molecule has 0 aromatic carbocycles. The van der Waals surface area contributed by atoms with E-state index in [1.807, 2.05) is 13.8 Å². The Balaban J connectivity index is 2.54. The van der Waals surface area contributed by atoms with Gasteiger partial charge in [0.25, 0.3) is 5.56 Å². The van der Waals surface area contributed by atoms with Crippen molar-refractivity contribution in [3.05, 3.63) is 26.1 Å². The molecule has 2 heterocycles. The largest absolute Gasteiger partial charge is 0.341 e. The normalized spacial score (nSPS) is 11.2. The van der Waals surface area contributed by atoms with Crippen LogP contribution in [0.4, 0.5) is 0 Å². The van der Waals surface area contributed by atoms with E-state index in [2.05, 4.69) is 4.98 Å². The lowest BCUT2D eigenvalue weighted by atomic mass is 10.3. The third kappa shape index (κ3) is 3.10. The summed E-state index contributed by atoms with van der Waals surface area (Å²) >= 11 is 6.14. The lowest BCUT2D eigenvalue weighted by Crippen LogP contribution is -2.39. The highest BCUT2D eigenvalue weighted by atomic mass is 35.5. The summed E-state index contributed by atoms with van der Waals surface area (Å²) in [5, 5.41) is 0.0181. The minimum Gasteiger partial charge on any atom is -0.341 e. The van der Waals surface area contributed by atoms with Crippen LogP contribution in [0, 0.1) is 0 Å². The quantitative estimate of drug-likeness (QED) is 0.715. The number of hydrogen-bond acceptors (Lipinski definition) is 4. The van der Waals surface area contributed by atoms with Gasteiger partial charge in [0.05, 0.1) is 0 Å². The number of fused-ring (bicyclic) bond motifs is 1. The van der Waals surface area contributed by atoms with Gasteiger partial charge >= 0.3 is 5.69 Å². The van der Waals surface area contributed by atoms with Crippen molar-refractivity contribution in [2.24, 2.45) is 14.1 Å². The molecule has 0 unspecified atom stereocenters. The first-order chi connectivity index (χ1) is 11.3. The SMILES string of the molecule is CCCN(CCC)C(=O)Cn1c(Cl)nc2c1c(=O)n(C)c(=O)n2C. The lowest BCUT2D eigenvalue weighted by Gasteiger charge is -2.21. The summed E-state index contributed by atoms with van der Waals surface area (Å²) in [6.45, 7) is 5.21. The van der Waals surface area contributed by atoms with Crippen LogP contribution in [0.5, 0.6) is 0 Å². The van der Waals surface area contributed by atoms with E-state index in [0.717, 1.165) is 17.4 Å². The molecule has 2 rings (SSSR count). The van der Waals surface area contributed by atoms with Crippen molar-refractivity contribution in [2.45, 2.75) is 33.2 Å². The fourth-order valence-corrected chi connectivity index (χ4v) is 2.92. The van der Waals surface area contributed by atoms with Gasteiger partial charge in [0.1, 0.15) is 6.54 Å². The van der Waals surface area contributed by atoms with Gasteiger partial charge in [-0.1, -0.05) is 13.8 Å². The summed E-state index contributed by atoms with van der Waals surface area (Å²) in [5.41, 5.74) is -0.666. The summed E-state index contributed by atoms with van der Waals surface area (Å²) in [4.78, 5) is 42.8. The fraction of sp³-hybridized carbons (Fsp3) is 0.600.